The first-order valence-electron chi connectivity index (χ1n) is 13.7. The molecule has 0 saturated carbocycles. The zero-order valence-corrected chi connectivity index (χ0v) is 24.2. The number of imidazole rings is 1. The second-order valence-electron chi connectivity index (χ2n) is 10.5. The number of nitriles is 1. The quantitative estimate of drug-likeness (QED) is 0.259. The minimum absolute atomic E-state index is 0.0204. The summed E-state index contributed by atoms with van der Waals surface area (Å²) in [6.07, 6.45) is 3.65. The molecule has 4 aromatic heterocycles. The number of nitrogens with zero attached hydrogens (tertiary/aromatic N) is 8. The van der Waals surface area contributed by atoms with E-state index in [0.29, 0.717) is 46.8 Å². The molecule has 0 bridgehead atoms. The van der Waals surface area contributed by atoms with Gasteiger partial charge < -0.3 is 14.0 Å². The Morgan fingerprint density at radius 3 is 2.84 bits per heavy atom. The lowest BCUT2D eigenvalue weighted by Gasteiger charge is -2.30. The Hall–Kier alpha value is -4.15. The molecule has 1 atom stereocenters. The van der Waals surface area contributed by atoms with Crippen molar-refractivity contribution in [1.29, 1.82) is 5.26 Å². The minimum Gasteiger partial charge on any atom is -0.472 e. The van der Waals surface area contributed by atoms with Crippen molar-refractivity contribution in [3.63, 3.8) is 0 Å². The number of ether oxygens (including phenoxy) is 2. The van der Waals surface area contributed by atoms with E-state index in [-0.39, 0.29) is 24.4 Å². The standard InChI is InChI=1S/C29H24Cl2FN9O2/c30-18-2-1-17(21(32)8-18)15-43-29-20(31)7-16-3-5-40(13-24(16)36-29)14-27-35-22-9-23(28-37-26(10-33)38-39-28)34-11-25(22)41(27)12-19-4-6-42-19/h1-2,7-9,11,19H,3-6,12-15H2,(H,37,38,39)/t19-/m0/s1. The zero-order chi connectivity index (χ0) is 29.5. The van der Waals surface area contributed by atoms with Crippen LogP contribution in [0, 0.1) is 17.1 Å². The summed E-state index contributed by atoms with van der Waals surface area (Å²) in [7, 11) is 0. The fourth-order valence-corrected chi connectivity index (χ4v) is 5.66. The first kappa shape index (κ1) is 27.7. The van der Waals surface area contributed by atoms with Crippen LogP contribution in [-0.2, 0) is 37.4 Å². The van der Waals surface area contributed by atoms with Crippen LogP contribution in [0.1, 0.15) is 34.9 Å². The molecule has 0 unspecified atom stereocenters. The van der Waals surface area contributed by atoms with Crippen LogP contribution < -0.4 is 4.74 Å². The van der Waals surface area contributed by atoms with Crippen molar-refractivity contribution >= 4 is 34.2 Å². The van der Waals surface area contributed by atoms with Gasteiger partial charge in [-0.05, 0) is 42.7 Å². The summed E-state index contributed by atoms with van der Waals surface area (Å²) in [6.45, 7) is 3.35. The van der Waals surface area contributed by atoms with Gasteiger partial charge in [0.15, 0.2) is 5.82 Å². The Kier molecular flexibility index (Phi) is 7.40. The van der Waals surface area contributed by atoms with Gasteiger partial charge in [-0.25, -0.2) is 14.4 Å². The van der Waals surface area contributed by atoms with E-state index < -0.39 is 5.82 Å². The Morgan fingerprint density at radius 1 is 1.19 bits per heavy atom. The van der Waals surface area contributed by atoms with Crippen LogP contribution in [0.2, 0.25) is 10.0 Å². The molecule has 7 rings (SSSR count). The van der Waals surface area contributed by atoms with E-state index in [1.165, 1.54) is 6.07 Å². The Morgan fingerprint density at radius 2 is 2.07 bits per heavy atom. The van der Waals surface area contributed by atoms with Crippen molar-refractivity contribution < 1.29 is 13.9 Å². The van der Waals surface area contributed by atoms with Crippen LogP contribution >= 0.6 is 23.2 Å². The number of rotatable bonds is 8. The third-order valence-corrected chi connectivity index (χ3v) is 8.15. The largest absolute Gasteiger partial charge is 0.472 e. The van der Waals surface area contributed by atoms with Crippen LogP contribution in [0.5, 0.6) is 5.88 Å². The lowest BCUT2D eigenvalue weighted by atomic mass is 10.1. The summed E-state index contributed by atoms with van der Waals surface area (Å²) in [5.74, 6) is 1.16. The molecule has 14 heteroatoms. The van der Waals surface area contributed by atoms with Crippen LogP contribution in [0.4, 0.5) is 4.39 Å². The van der Waals surface area contributed by atoms with E-state index >= 15 is 0 Å². The Bertz CT molecular complexity index is 1880. The van der Waals surface area contributed by atoms with Gasteiger partial charge in [0, 0.05) is 30.3 Å². The van der Waals surface area contributed by atoms with E-state index in [1.807, 2.05) is 18.2 Å². The SMILES string of the molecule is N#Cc1n[nH]c(-c2cc3nc(CN4CCc5cc(Cl)c(OCc6ccc(Cl)cc6F)nc5C4)n(C[C@@H]4CCO4)c3cn2)n1. The van der Waals surface area contributed by atoms with Gasteiger partial charge in [-0.1, -0.05) is 29.3 Å². The van der Waals surface area contributed by atoms with Crippen molar-refractivity contribution in [3.8, 4) is 23.5 Å². The Labute approximate surface area is 255 Å². The first-order chi connectivity index (χ1) is 20.9. The average Bonchev–Trinajstić information content (AvgIpc) is 3.59. The minimum atomic E-state index is -0.446. The molecule has 11 nitrogen and oxygen atoms in total. The van der Waals surface area contributed by atoms with Gasteiger partial charge >= 0.3 is 0 Å². The van der Waals surface area contributed by atoms with E-state index in [9.17, 15) is 4.39 Å². The summed E-state index contributed by atoms with van der Waals surface area (Å²) in [5.41, 5.74) is 4.48. The molecule has 1 saturated heterocycles. The molecule has 218 valence electrons. The summed E-state index contributed by atoms with van der Waals surface area (Å²) in [5, 5.41) is 16.4. The maximum Gasteiger partial charge on any atom is 0.252 e. The molecule has 1 aromatic carbocycles. The van der Waals surface area contributed by atoms with Crippen LogP contribution in [0.25, 0.3) is 22.6 Å². The monoisotopic (exact) mass is 619 g/mol. The number of hydrogen-bond donors (Lipinski definition) is 1. The number of hydrogen-bond acceptors (Lipinski definition) is 9. The van der Waals surface area contributed by atoms with Crippen molar-refractivity contribution in [2.24, 2.45) is 0 Å². The third kappa shape index (κ3) is 5.64. The van der Waals surface area contributed by atoms with Crippen LogP contribution in [0.15, 0.2) is 36.5 Å². The second kappa shape index (κ2) is 11.5. The van der Waals surface area contributed by atoms with Crippen molar-refractivity contribution in [2.45, 2.75) is 45.2 Å². The fraction of sp³-hybridized carbons (Fsp3) is 0.310. The molecule has 0 aliphatic carbocycles. The first-order valence-corrected chi connectivity index (χ1v) is 14.5. The van der Waals surface area contributed by atoms with Crippen molar-refractivity contribution in [1.82, 2.24) is 39.6 Å². The molecule has 1 fully saturated rings. The Balaban J connectivity index is 1.13. The number of pyridine rings is 2. The number of fused-ring (bicyclic) bond motifs is 2. The van der Waals surface area contributed by atoms with E-state index in [1.54, 1.807) is 18.3 Å². The maximum absolute atomic E-state index is 14.3. The summed E-state index contributed by atoms with van der Waals surface area (Å²) in [4.78, 5) is 20.7. The zero-order valence-electron chi connectivity index (χ0n) is 22.7. The van der Waals surface area contributed by atoms with Gasteiger partial charge in [0.25, 0.3) is 5.82 Å². The number of benzene rings is 1. The number of H-pyrrole nitrogens is 1. The van der Waals surface area contributed by atoms with Gasteiger partial charge in [0.1, 0.15) is 35.0 Å². The molecular weight excluding hydrogens is 596 g/mol. The average molecular weight is 620 g/mol. The van der Waals surface area contributed by atoms with Gasteiger partial charge in [0.05, 0.1) is 42.1 Å². The molecule has 43 heavy (non-hydrogen) atoms. The summed E-state index contributed by atoms with van der Waals surface area (Å²) < 4.78 is 28.0. The highest BCUT2D eigenvalue weighted by Crippen LogP contribution is 2.31. The number of aromatic nitrogens is 7. The molecule has 0 amide bonds. The number of halogens is 3. The molecule has 2 aliphatic rings. The number of nitrogens with one attached hydrogen (secondary N) is 1. The van der Waals surface area contributed by atoms with Gasteiger partial charge in [-0.15, -0.1) is 5.10 Å². The topological polar surface area (TPSA) is 131 Å². The highest BCUT2D eigenvalue weighted by Gasteiger charge is 2.26. The van der Waals surface area contributed by atoms with Crippen LogP contribution in [-0.4, -0.2) is 58.9 Å². The predicted octanol–water partition coefficient (Wildman–Crippen LogP) is 4.86. The van der Waals surface area contributed by atoms with E-state index in [0.717, 1.165) is 54.1 Å². The van der Waals surface area contributed by atoms with Crippen molar-refractivity contribution in [2.75, 3.05) is 13.2 Å². The van der Waals surface area contributed by atoms with Gasteiger partial charge in [0.2, 0.25) is 5.88 Å². The lowest BCUT2D eigenvalue weighted by molar-refractivity contribution is -0.0592. The van der Waals surface area contributed by atoms with Crippen molar-refractivity contribution in [3.05, 3.63) is 80.9 Å². The molecule has 0 spiro atoms. The molecule has 6 heterocycles. The molecular formula is C29H24Cl2FN9O2. The predicted molar refractivity (Wildman–Crippen MR) is 155 cm³/mol. The van der Waals surface area contributed by atoms with E-state index in [4.69, 9.17) is 47.9 Å². The van der Waals surface area contributed by atoms with Gasteiger partial charge in [-0.3, -0.25) is 15.0 Å². The smallest absolute Gasteiger partial charge is 0.252 e. The summed E-state index contributed by atoms with van der Waals surface area (Å²) >= 11 is 12.4. The number of aromatic amines is 1. The van der Waals surface area contributed by atoms with Crippen LogP contribution in [0.3, 0.4) is 0 Å². The highest BCUT2D eigenvalue weighted by molar-refractivity contribution is 6.32. The fourth-order valence-electron chi connectivity index (χ4n) is 5.28. The lowest BCUT2D eigenvalue weighted by Crippen LogP contribution is -2.34. The van der Waals surface area contributed by atoms with E-state index in [2.05, 4.69) is 29.6 Å². The van der Waals surface area contributed by atoms with Gasteiger partial charge in [-0.2, -0.15) is 10.2 Å². The molecule has 2 aliphatic heterocycles. The summed E-state index contributed by atoms with van der Waals surface area (Å²) in [6, 6.07) is 10.1. The molecule has 5 aromatic rings. The molecule has 0 radical (unpaired) electrons. The highest BCUT2D eigenvalue weighted by atomic mass is 35.5. The second-order valence-corrected chi connectivity index (χ2v) is 11.3. The molecule has 1 N–H and O–H groups in total. The normalized spacial score (nSPS) is 16.6. The maximum atomic E-state index is 14.3. The third-order valence-electron chi connectivity index (χ3n) is 7.65.